The van der Waals surface area contributed by atoms with Crippen LogP contribution < -0.4 is 5.32 Å². The second kappa shape index (κ2) is 3.83. The van der Waals surface area contributed by atoms with Crippen molar-refractivity contribution in [3.63, 3.8) is 0 Å². The zero-order chi connectivity index (χ0) is 9.80. The first-order valence-electron chi connectivity index (χ1n) is 4.31. The lowest BCUT2D eigenvalue weighted by atomic mass is 10.2. The minimum Gasteiger partial charge on any atom is -0.357 e. The quantitative estimate of drug-likeness (QED) is 0.773. The van der Waals surface area contributed by atoms with E-state index < -0.39 is 0 Å². The summed E-state index contributed by atoms with van der Waals surface area (Å²) >= 11 is 0. The summed E-state index contributed by atoms with van der Waals surface area (Å²) in [6, 6.07) is 5.75. The molecule has 0 aliphatic heterocycles. The van der Waals surface area contributed by atoms with E-state index in [2.05, 4.69) is 20.3 Å². The molecule has 70 valence electrons. The monoisotopic (exact) mass is 186 g/mol. The van der Waals surface area contributed by atoms with Crippen LogP contribution >= 0.6 is 0 Å². The molecule has 2 aromatic heterocycles. The van der Waals surface area contributed by atoms with Crippen LogP contribution in [0.5, 0.6) is 0 Å². The zero-order valence-corrected chi connectivity index (χ0v) is 7.81. The van der Waals surface area contributed by atoms with Crippen LogP contribution in [-0.4, -0.2) is 22.0 Å². The Morgan fingerprint density at radius 1 is 1.07 bits per heavy atom. The molecule has 0 aliphatic rings. The molecular weight excluding hydrogens is 176 g/mol. The predicted molar refractivity (Wildman–Crippen MR) is 54.8 cm³/mol. The highest BCUT2D eigenvalue weighted by Crippen LogP contribution is 2.13. The SMILES string of the molecule is CNc1ncc(-c2ccccn2)cn1. The molecule has 0 aliphatic carbocycles. The van der Waals surface area contributed by atoms with Crippen molar-refractivity contribution in [1.29, 1.82) is 0 Å². The van der Waals surface area contributed by atoms with E-state index in [1.165, 1.54) is 0 Å². The second-order valence-electron chi connectivity index (χ2n) is 2.76. The van der Waals surface area contributed by atoms with E-state index in [1.54, 1.807) is 25.6 Å². The van der Waals surface area contributed by atoms with Gasteiger partial charge in [0, 0.05) is 31.2 Å². The van der Waals surface area contributed by atoms with Crippen molar-refractivity contribution in [3.05, 3.63) is 36.8 Å². The van der Waals surface area contributed by atoms with Gasteiger partial charge in [0.1, 0.15) is 0 Å². The molecule has 14 heavy (non-hydrogen) atoms. The molecule has 2 heterocycles. The zero-order valence-electron chi connectivity index (χ0n) is 7.81. The first-order chi connectivity index (χ1) is 6.90. The Morgan fingerprint density at radius 3 is 2.43 bits per heavy atom. The van der Waals surface area contributed by atoms with Crippen molar-refractivity contribution >= 4 is 5.95 Å². The van der Waals surface area contributed by atoms with Gasteiger partial charge in [0.2, 0.25) is 5.95 Å². The lowest BCUT2D eigenvalue weighted by Gasteiger charge is -2.00. The number of rotatable bonds is 2. The molecule has 0 unspecified atom stereocenters. The Labute approximate surface area is 82.1 Å². The Hall–Kier alpha value is -1.97. The number of hydrogen-bond donors (Lipinski definition) is 1. The van der Waals surface area contributed by atoms with Crippen molar-refractivity contribution in [2.75, 3.05) is 12.4 Å². The topological polar surface area (TPSA) is 50.7 Å². The third kappa shape index (κ3) is 1.69. The van der Waals surface area contributed by atoms with Crippen LogP contribution in [0.3, 0.4) is 0 Å². The van der Waals surface area contributed by atoms with Gasteiger partial charge in [-0.1, -0.05) is 6.07 Å². The lowest BCUT2D eigenvalue weighted by Crippen LogP contribution is -1.95. The second-order valence-corrected chi connectivity index (χ2v) is 2.76. The summed E-state index contributed by atoms with van der Waals surface area (Å²) in [5.74, 6) is 0.615. The minimum atomic E-state index is 0.615. The molecule has 0 bridgehead atoms. The first kappa shape index (κ1) is 8.62. The van der Waals surface area contributed by atoms with Gasteiger partial charge in [0.05, 0.1) is 5.69 Å². The van der Waals surface area contributed by atoms with Gasteiger partial charge in [-0.2, -0.15) is 0 Å². The number of nitrogens with one attached hydrogen (secondary N) is 1. The maximum absolute atomic E-state index is 4.20. The maximum atomic E-state index is 4.20. The fourth-order valence-corrected chi connectivity index (χ4v) is 1.12. The number of pyridine rings is 1. The Bertz CT molecular complexity index is 396. The maximum Gasteiger partial charge on any atom is 0.222 e. The molecule has 0 aromatic carbocycles. The molecule has 0 fully saturated rings. The van der Waals surface area contributed by atoms with Crippen molar-refractivity contribution in [1.82, 2.24) is 15.0 Å². The highest BCUT2D eigenvalue weighted by atomic mass is 15.1. The van der Waals surface area contributed by atoms with Gasteiger partial charge in [-0.25, -0.2) is 9.97 Å². The largest absolute Gasteiger partial charge is 0.357 e. The smallest absolute Gasteiger partial charge is 0.222 e. The highest BCUT2D eigenvalue weighted by molar-refractivity contribution is 5.56. The average molecular weight is 186 g/mol. The molecule has 4 nitrogen and oxygen atoms in total. The van der Waals surface area contributed by atoms with Crippen LogP contribution in [-0.2, 0) is 0 Å². The van der Waals surface area contributed by atoms with Crippen LogP contribution in [0.2, 0.25) is 0 Å². The molecule has 0 saturated heterocycles. The molecule has 4 heteroatoms. The molecule has 2 rings (SSSR count). The summed E-state index contributed by atoms with van der Waals surface area (Å²) in [7, 11) is 1.79. The van der Waals surface area contributed by atoms with Crippen molar-refractivity contribution in [3.8, 4) is 11.3 Å². The fourth-order valence-electron chi connectivity index (χ4n) is 1.12. The van der Waals surface area contributed by atoms with Crippen molar-refractivity contribution in [2.45, 2.75) is 0 Å². The van der Waals surface area contributed by atoms with Gasteiger partial charge < -0.3 is 5.32 Å². The number of nitrogens with zero attached hydrogens (tertiary/aromatic N) is 3. The van der Waals surface area contributed by atoms with E-state index in [4.69, 9.17) is 0 Å². The third-order valence-electron chi connectivity index (χ3n) is 1.84. The molecule has 0 saturated carbocycles. The number of hydrogen-bond acceptors (Lipinski definition) is 4. The first-order valence-corrected chi connectivity index (χ1v) is 4.31. The molecule has 0 spiro atoms. The Morgan fingerprint density at radius 2 is 1.86 bits per heavy atom. The third-order valence-corrected chi connectivity index (χ3v) is 1.84. The Balaban J connectivity index is 2.34. The van der Waals surface area contributed by atoms with E-state index in [9.17, 15) is 0 Å². The highest BCUT2D eigenvalue weighted by Gasteiger charge is 1.98. The lowest BCUT2D eigenvalue weighted by molar-refractivity contribution is 1.14. The minimum absolute atomic E-state index is 0.615. The van der Waals surface area contributed by atoms with E-state index in [0.29, 0.717) is 5.95 Å². The van der Waals surface area contributed by atoms with Crippen LogP contribution in [0.15, 0.2) is 36.8 Å². The van der Waals surface area contributed by atoms with E-state index in [0.717, 1.165) is 11.3 Å². The molecule has 2 aromatic rings. The molecule has 0 atom stereocenters. The van der Waals surface area contributed by atoms with E-state index >= 15 is 0 Å². The van der Waals surface area contributed by atoms with E-state index in [1.807, 2.05) is 18.2 Å². The summed E-state index contributed by atoms with van der Waals surface area (Å²) in [4.78, 5) is 12.4. The normalized spacial score (nSPS) is 9.79. The van der Waals surface area contributed by atoms with Crippen LogP contribution in [0.25, 0.3) is 11.3 Å². The Kier molecular flexibility index (Phi) is 2.36. The van der Waals surface area contributed by atoms with Gasteiger partial charge in [-0.15, -0.1) is 0 Å². The summed E-state index contributed by atoms with van der Waals surface area (Å²) in [5.41, 5.74) is 1.81. The number of aromatic nitrogens is 3. The summed E-state index contributed by atoms with van der Waals surface area (Å²) in [6.45, 7) is 0. The predicted octanol–water partition coefficient (Wildman–Crippen LogP) is 1.58. The van der Waals surface area contributed by atoms with Gasteiger partial charge in [-0.05, 0) is 12.1 Å². The fraction of sp³-hybridized carbons (Fsp3) is 0.100. The average Bonchev–Trinajstić information content (AvgIpc) is 2.30. The summed E-state index contributed by atoms with van der Waals surface area (Å²) < 4.78 is 0. The molecule has 0 amide bonds. The van der Waals surface area contributed by atoms with Gasteiger partial charge in [0.25, 0.3) is 0 Å². The summed E-state index contributed by atoms with van der Waals surface area (Å²) in [6.07, 6.45) is 5.25. The van der Waals surface area contributed by atoms with Crippen molar-refractivity contribution in [2.24, 2.45) is 0 Å². The van der Waals surface area contributed by atoms with Gasteiger partial charge >= 0.3 is 0 Å². The molecule has 0 radical (unpaired) electrons. The van der Waals surface area contributed by atoms with Crippen LogP contribution in [0.4, 0.5) is 5.95 Å². The molecule has 1 N–H and O–H groups in total. The van der Waals surface area contributed by atoms with Crippen LogP contribution in [0.1, 0.15) is 0 Å². The van der Waals surface area contributed by atoms with Gasteiger partial charge in [0.15, 0.2) is 0 Å². The van der Waals surface area contributed by atoms with Crippen LogP contribution in [0, 0.1) is 0 Å². The standard InChI is InChI=1S/C10H10N4/c1-11-10-13-6-8(7-14-10)9-4-2-3-5-12-9/h2-7H,1H3,(H,11,13,14). The molecular formula is C10H10N4. The van der Waals surface area contributed by atoms with Crippen molar-refractivity contribution < 1.29 is 0 Å². The van der Waals surface area contributed by atoms with Gasteiger partial charge in [-0.3, -0.25) is 4.98 Å². The number of anilines is 1. The summed E-state index contributed by atoms with van der Waals surface area (Å²) in [5, 5.41) is 2.86. The van der Waals surface area contributed by atoms with E-state index in [-0.39, 0.29) is 0 Å².